The molecule has 0 atom stereocenters. The molecule has 5 rings (SSSR count). The van der Waals surface area contributed by atoms with Gasteiger partial charge in [0.05, 0.1) is 25.5 Å². The van der Waals surface area contributed by atoms with Crippen LogP contribution >= 0.6 is 0 Å². The van der Waals surface area contributed by atoms with Gasteiger partial charge in [-0.15, -0.1) is 5.10 Å². The molecule has 1 aliphatic heterocycles. The zero-order chi connectivity index (χ0) is 22.8. The summed E-state index contributed by atoms with van der Waals surface area (Å²) in [6.45, 7) is 2.31. The summed E-state index contributed by atoms with van der Waals surface area (Å²) in [4.78, 5) is 26.0. The fourth-order valence-electron chi connectivity index (χ4n) is 4.06. The van der Waals surface area contributed by atoms with Crippen molar-refractivity contribution in [2.45, 2.75) is 0 Å². The summed E-state index contributed by atoms with van der Waals surface area (Å²) in [5.41, 5.74) is 2.65. The molecule has 0 radical (unpaired) electrons. The lowest BCUT2D eigenvalue weighted by atomic mass is 10.1. The largest absolute Gasteiger partial charge is 0.493 e. The van der Waals surface area contributed by atoms with Crippen molar-refractivity contribution >= 4 is 22.9 Å². The lowest BCUT2D eigenvalue weighted by Gasteiger charge is -2.35. The number of ether oxygens (including phenoxy) is 2. The minimum Gasteiger partial charge on any atom is -0.493 e. The molecule has 168 valence electrons. The first-order chi connectivity index (χ1) is 16.2. The fourth-order valence-corrected chi connectivity index (χ4v) is 4.06. The molecule has 1 saturated heterocycles. The molecule has 2 aromatic carbocycles. The van der Waals surface area contributed by atoms with Gasteiger partial charge in [-0.25, -0.2) is 9.97 Å². The van der Waals surface area contributed by atoms with Gasteiger partial charge in [-0.3, -0.25) is 4.79 Å². The average molecular weight is 445 g/mol. The van der Waals surface area contributed by atoms with Gasteiger partial charge in [0.2, 0.25) is 0 Å². The van der Waals surface area contributed by atoms with Gasteiger partial charge in [0.15, 0.2) is 28.5 Å². The molecule has 10 nitrogen and oxygen atoms in total. The minimum atomic E-state index is -0.0896. The van der Waals surface area contributed by atoms with Crippen LogP contribution < -0.4 is 14.4 Å². The van der Waals surface area contributed by atoms with E-state index in [0.717, 1.165) is 5.69 Å². The molecular formula is C23H23N7O3. The van der Waals surface area contributed by atoms with Crippen LogP contribution in [0.2, 0.25) is 0 Å². The zero-order valence-electron chi connectivity index (χ0n) is 18.4. The highest BCUT2D eigenvalue weighted by atomic mass is 16.5. The standard InChI is InChI=1S/C23H23N7O3/c1-32-18-10-6-9-17(20(18)33-2)23(31)29-13-11-28(12-14-29)21-19-22(25-15-24-21)30(27-26-19)16-7-4-3-5-8-16/h3-10,15H,11-14H2,1-2H3. The third kappa shape index (κ3) is 3.69. The number of amides is 1. The number of methoxy groups -OCH3 is 2. The smallest absolute Gasteiger partial charge is 0.257 e. The van der Waals surface area contributed by atoms with Crippen LogP contribution in [0, 0.1) is 0 Å². The SMILES string of the molecule is COc1cccc(C(=O)N2CCN(c3ncnc4c3nnn4-c3ccccc3)CC2)c1OC. The number of carbonyl (C=O) groups excluding carboxylic acids is 1. The van der Waals surface area contributed by atoms with E-state index < -0.39 is 0 Å². The van der Waals surface area contributed by atoms with Crippen molar-refractivity contribution in [3.05, 3.63) is 60.4 Å². The molecule has 0 saturated carbocycles. The number of fused-ring (bicyclic) bond motifs is 1. The van der Waals surface area contributed by atoms with E-state index in [9.17, 15) is 4.79 Å². The number of aromatic nitrogens is 5. The molecular weight excluding hydrogens is 422 g/mol. The van der Waals surface area contributed by atoms with Crippen molar-refractivity contribution in [2.75, 3.05) is 45.3 Å². The molecule has 0 unspecified atom stereocenters. The van der Waals surface area contributed by atoms with Crippen LogP contribution in [0.15, 0.2) is 54.9 Å². The predicted molar refractivity (Wildman–Crippen MR) is 122 cm³/mol. The molecule has 0 aliphatic carbocycles. The Morgan fingerprint density at radius 1 is 0.909 bits per heavy atom. The van der Waals surface area contributed by atoms with Gasteiger partial charge in [-0.05, 0) is 24.3 Å². The lowest BCUT2D eigenvalue weighted by molar-refractivity contribution is 0.0742. The molecule has 33 heavy (non-hydrogen) atoms. The molecule has 1 fully saturated rings. The van der Waals surface area contributed by atoms with Gasteiger partial charge in [-0.2, -0.15) is 4.68 Å². The molecule has 3 heterocycles. The van der Waals surface area contributed by atoms with Crippen molar-refractivity contribution in [3.8, 4) is 17.2 Å². The number of benzene rings is 2. The maximum atomic E-state index is 13.2. The summed E-state index contributed by atoms with van der Waals surface area (Å²) < 4.78 is 12.5. The molecule has 0 N–H and O–H groups in total. The highest BCUT2D eigenvalue weighted by Gasteiger charge is 2.27. The van der Waals surface area contributed by atoms with Crippen molar-refractivity contribution in [1.29, 1.82) is 0 Å². The third-order valence-electron chi connectivity index (χ3n) is 5.72. The molecule has 0 bridgehead atoms. The van der Waals surface area contributed by atoms with E-state index >= 15 is 0 Å². The summed E-state index contributed by atoms with van der Waals surface area (Å²) in [5, 5.41) is 8.64. The van der Waals surface area contributed by atoms with Crippen LogP contribution in [0.25, 0.3) is 16.9 Å². The topological polar surface area (TPSA) is 98.5 Å². The van der Waals surface area contributed by atoms with E-state index in [1.807, 2.05) is 35.2 Å². The number of carbonyl (C=O) groups is 1. The van der Waals surface area contributed by atoms with E-state index in [1.165, 1.54) is 13.4 Å². The van der Waals surface area contributed by atoms with Crippen LogP contribution in [0.4, 0.5) is 5.82 Å². The summed E-state index contributed by atoms with van der Waals surface area (Å²) in [6, 6.07) is 15.1. The van der Waals surface area contributed by atoms with Crippen LogP contribution in [0.3, 0.4) is 0 Å². The van der Waals surface area contributed by atoms with Crippen LogP contribution in [-0.2, 0) is 0 Å². The highest BCUT2D eigenvalue weighted by molar-refractivity contribution is 5.98. The van der Waals surface area contributed by atoms with E-state index in [4.69, 9.17) is 9.47 Å². The first kappa shape index (κ1) is 20.7. The summed E-state index contributed by atoms with van der Waals surface area (Å²) >= 11 is 0. The second kappa shape index (κ2) is 8.73. The normalized spacial score (nSPS) is 13.9. The number of hydrogen-bond donors (Lipinski definition) is 0. The van der Waals surface area contributed by atoms with Crippen LogP contribution in [0.1, 0.15) is 10.4 Å². The Morgan fingerprint density at radius 2 is 1.70 bits per heavy atom. The van der Waals surface area contributed by atoms with Gasteiger partial charge in [0.25, 0.3) is 5.91 Å². The van der Waals surface area contributed by atoms with E-state index in [0.29, 0.717) is 60.2 Å². The number of anilines is 1. The van der Waals surface area contributed by atoms with Gasteiger partial charge in [0, 0.05) is 26.2 Å². The predicted octanol–water partition coefficient (Wildman–Crippen LogP) is 2.19. The maximum absolute atomic E-state index is 13.2. The minimum absolute atomic E-state index is 0.0896. The quantitative estimate of drug-likeness (QED) is 0.461. The summed E-state index contributed by atoms with van der Waals surface area (Å²) in [5.74, 6) is 1.61. The second-order valence-electron chi connectivity index (χ2n) is 7.53. The number of nitrogens with zero attached hydrogens (tertiary/aromatic N) is 7. The van der Waals surface area contributed by atoms with Gasteiger partial charge < -0.3 is 19.3 Å². The highest BCUT2D eigenvalue weighted by Crippen LogP contribution is 2.32. The second-order valence-corrected chi connectivity index (χ2v) is 7.53. The Labute approximate surface area is 190 Å². The first-order valence-electron chi connectivity index (χ1n) is 10.6. The van der Waals surface area contributed by atoms with Crippen molar-refractivity contribution in [3.63, 3.8) is 0 Å². The molecule has 0 spiro atoms. The lowest BCUT2D eigenvalue weighted by Crippen LogP contribution is -2.49. The van der Waals surface area contributed by atoms with Crippen molar-refractivity contribution < 1.29 is 14.3 Å². The molecule has 10 heteroatoms. The number of para-hydroxylation sites is 2. The van der Waals surface area contributed by atoms with E-state index in [-0.39, 0.29) is 5.91 Å². The van der Waals surface area contributed by atoms with Gasteiger partial charge in [-0.1, -0.05) is 29.5 Å². The zero-order valence-corrected chi connectivity index (χ0v) is 18.4. The van der Waals surface area contributed by atoms with E-state index in [2.05, 4.69) is 25.2 Å². The molecule has 1 aliphatic rings. The van der Waals surface area contributed by atoms with Crippen molar-refractivity contribution in [1.82, 2.24) is 29.9 Å². The molecule has 2 aromatic heterocycles. The molecule has 4 aromatic rings. The number of piperazine rings is 1. The summed E-state index contributed by atoms with van der Waals surface area (Å²) in [7, 11) is 3.09. The van der Waals surface area contributed by atoms with Gasteiger partial charge >= 0.3 is 0 Å². The Hall–Kier alpha value is -4.21. The number of rotatable bonds is 5. The summed E-state index contributed by atoms with van der Waals surface area (Å²) in [6.07, 6.45) is 1.53. The molecule has 1 amide bonds. The fraction of sp³-hybridized carbons (Fsp3) is 0.261. The Balaban J connectivity index is 1.36. The average Bonchev–Trinajstić information content (AvgIpc) is 3.33. The maximum Gasteiger partial charge on any atom is 0.257 e. The Morgan fingerprint density at radius 3 is 2.42 bits per heavy atom. The number of hydrogen-bond acceptors (Lipinski definition) is 8. The Bertz CT molecular complexity index is 1280. The van der Waals surface area contributed by atoms with Crippen LogP contribution in [0.5, 0.6) is 11.5 Å². The van der Waals surface area contributed by atoms with E-state index in [1.54, 1.807) is 30.0 Å². The Kier molecular flexibility index (Phi) is 5.47. The monoisotopic (exact) mass is 445 g/mol. The van der Waals surface area contributed by atoms with Crippen molar-refractivity contribution in [2.24, 2.45) is 0 Å². The first-order valence-corrected chi connectivity index (χ1v) is 10.6. The third-order valence-corrected chi connectivity index (χ3v) is 5.72. The van der Waals surface area contributed by atoms with Gasteiger partial charge in [0.1, 0.15) is 6.33 Å². The van der Waals surface area contributed by atoms with Crippen LogP contribution in [-0.4, -0.2) is 76.2 Å².